The van der Waals surface area contributed by atoms with E-state index in [9.17, 15) is 17.6 Å². The van der Waals surface area contributed by atoms with Gasteiger partial charge in [-0.3, -0.25) is 0 Å². The van der Waals surface area contributed by atoms with Crippen molar-refractivity contribution in [1.29, 1.82) is 0 Å². The van der Waals surface area contributed by atoms with Crippen LogP contribution in [0.2, 0.25) is 0 Å². The van der Waals surface area contributed by atoms with Crippen LogP contribution in [-0.4, -0.2) is 0 Å². The van der Waals surface area contributed by atoms with Gasteiger partial charge in [0.1, 0.15) is 5.82 Å². The number of fused-ring (bicyclic) bond motifs is 1. The Morgan fingerprint density at radius 1 is 0.719 bits per heavy atom. The van der Waals surface area contributed by atoms with Gasteiger partial charge in [-0.1, -0.05) is 56.5 Å². The van der Waals surface area contributed by atoms with Gasteiger partial charge in [0.05, 0.1) is 0 Å². The number of rotatable bonds is 7. The van der Waals surface area contributed by atoms with E-state index in [1.165, 1.54) is 25.3 Å². The van der Waals surface area contributed by atoms with E-state index in [0.717, 1.165) is 61.3 Å². The predicted octanol–water partition coefficient (Wildman–Crippen LogP) is 8.96. The zero-order valence-electron chi connectivity index (χ0n) is 18.6. The van der Waals surface area contributed by atoms with Crippen molar-refractivity contribution >= 4 is 10.8 Å². The van der Waals surface area contributed by atoms with Crippen molar-refractivity contribution in [3.63, 3.8) is 0 Å². The minimum atomic E-state index is -1.43. The van der Waals surface area contributed by atoms with Crippen LogP contribution >= 0.6 is 0 Å². The maximum atomic E-state index is 14.8. The topological polar surface area (TPSA) is 0 Å². The molecule has 1 saturated carbocycles. The first-order valence-electron chi connectivity index (χ1n) is 11.8. The summed E-state index contributed by atoms with van der Waals surface area (Å²) < 4.78 is 55.9. The van der Waals surface area contributed by atoms with E-state index in [-0.39, 0.29) is 23.0 Å². The Balaban J connectivity index is 1.41. The van der Waals surface area contributed by atoms with Gasteiger partial charge in [0.25, 0.3) is 0 Å². The molecule has 0 spiro atoms. The molecule has 0 N–H and O–H groups in total. The summed E-state index contributed by atoms with van der Waals surface area (Å²) in [5, 5.41) is 0.472. The number of halogens is 4. The van der Waals surface area contributed by atoms with Crippen LogP contribution < -0.4 is 0 Å². The van der Waals surface area contributed by atoms with Crippen LogP contribution in [0, 0.1) is 23.3 Å². The van der Waals surface area contributed by atoms with E-state index in [1.54, 1.807) is 12.1 Å². The zero-order valence-corrected chi connectivity index (χ0v) is 18.6. The molecule has 3 aromatic rings. The van der Waals surface area contributed by atoms with Crippen molar-refractivity contribution in [2.45, 2.75) is 76.5 Å². The number of unbranched alkanes of at least 4 members (excludes halogenated alkanes) is 3. The molecule has 0 bridgehead atoms. The molecule has 4 rings (SSSR count). The van der Waals surface area contributed by atoms with Gasteiger partial charge in [-0.2, -0.15) is 0 Å². The van der Waals surface area contributed by atoms with Crippen LogP contribution in [0.1, 0.15) is 86.8 Å². The first-order valence-corrected chi connectivity index (χ1v) is 11.8. The summed E-state index contributed by atoms with van der Waals surface area (Å²) >= 11 is 0. The standard InChI is InChI=1S/C28H30F4/c1-2-3-4-5-6-18-7-13-23(25(29)15-18)20-10-8-19(9-11-20)21-12-14-24-22(16-21)17-26(30)28(32)27(24)31/h7,12-17,19-20H,2-6,8-11H2,1H3. The van der Waals surface area contributed by atoms with E-state index in [0.29, 0.717) is 5.39 Å². The van der Waals surface area contributed by atoms with Crippen LogP contribution in [-0.2, 0) is 6.42 Å². The van der Waals surface area contributed by atoms with Crippen LogP contribution in [0.25, 0.3) is 10.8 Å². The van der Waals surface area contributed by atoms with Crippen LogP contribution in [0.3, 0.4) is 0 Å². The van der Waals surface area contributed by atoms with E-state index >= 15 is 0 Å². The highest BCUT2D eigenvalue weighted by molar-refractivity contribution is 5.84. The smallest absolute Gasteiger partial charge is 0.195 e. The van der Waals surface area contributed by atoms with Gasteiger partial charge in [0.2, 0.25) is 0 Å². The molecule has 1 fully saturated rings. The Morgan fingerprint density at radius 3 is 2.19 bits per heavy atom. The van der Waals surface area contributed by atoms with Crippen LogP contribution in [0.4, 0.5) is 17.6 Å². The summed E-state index contributed by atoms with van der Waals surface area (Å²) in [5.74, 6) is -3.38. The fourth-order valence-electron chi connectivity index (χ4n) is 5.13. The Labute approximate surface area is 187 Å². The summed E-state index contributed by atoms with van der Waals surface area (Å²) in [6.07, 6.45) is 9.17. The molecule has 0 nitrogen and oxygen atoms in total. The van der Waals surface area contributed by atoms with E-state index in [2.05, 4.69) is 13.0 Å². The quantitative estimate of drug-likeness (QED) is 0.195. The summed E-state index contributed by atoms with van der Waals surface area (Å²) in [4.78, 5) is 0. The second-order valence-corrected chi connectivity index (χ2v) is 9.18. The number of benzene rings is 3. The van der Waals surface area contributed by atoms with E-state index in [4.69, 9.17) is 0 Å². The molecule has 0 radical (unpaired) electrons. The monoisotopic (exact) mass is 442 g/mol. The number of hydrogen-bond donors (Lipinski definition) is 0. The van der Waals surface area contributed by atoms with Crippen molar-refractivity contribution in [3.8, 4) is 0 Å². The van der Waals surface area contributed by atoms with Crippen molar-refractivity contribution in [3.05, 3.63) is 82.4 Å². The molecule has 3 aromatic carbocycles. The Morgan fingerprint density at radius 2 is 1.47 bits per heavy atom. The zero-order chi connectivity index (χ0) is 22.7. The fourth-order valence-corrected chi connectivity index (χ4v) is 5.13. The summed E-state index contributed by atoms with van der Waals surface area (Å²) in [7, 11) is 0. The second kappa shape index (κ2) is 10.1. The molecule has 0 aromatic heterocycles. The highest BCUT2D eigenvalue weighted by Gasteiger charge is 2.26. The molecule has 0 saturated heterocycles. The Kier molecular flexibility index (Phi) is 7.17. The van der Waals surface area contributed by atoms with Gasteiger partial charge in [-0.05, 0) is 84.6 Å². The molecule has 0 heterocycles. The SMILES string of the molecule is CCCCCCc1ccc(C2CCC(c3ccc4c(F)c(F)c(F)cc4c3)CC2)c(F)c1. The molecule has 32 heavy (non-hydrogen) atoms. The molecular weight excluding hydrogens is 412 g/mol. The molecule has 0 amide bonds. The largest absolute Gasteiger partial charge is 0.207 e. The van der Waals surface area contributed by atoms with Crippen LogP contribution in [0.5, 0.6) is 0 Å². The van der Waals surface area contributed by atoms with Gasteiger partial charge in [-0.25, -0.2) is 17.6 Å². The lowest BCUT2D eigenvalue weighted by Crippen LogP contribution is -2.13. The summed E-state index contributed by atoms with van der Waals surface area (Å²) in [5.41, 5.74) is 2.88. The Bertz CT molecular complexity index is 1080. The molecule has 0 aliphatic heterocycles. The predicted molar refractivity (Wildman–Crippen MR) is 122 cm³/mol. The average Bonchev–Trinajstić information content (AvgIpc) is 2.80. The van der Waals surface area contributed by atoms with Crippen LogP contribution in [0.15, 0.2) is 42.5 Å². The summed E-state index contributed by atoms with van der Waals surface area (Å²) in [6.45, 7) is 2.18. The molecule has 0 unspecified atom stereocenters. The first kappa shape index (κ1) is 22.8. The lowest BCUT2D eigenvalue weighted by molar-refractivity contribution is 0.387. The van der Waals surface area contributed by atoms with Gasteiger partial charge in [-0.15, -0.1) is 0 Å². The van der Waals surface area contributed by atoms with Crippen molar-refractivity contribution in [2.75, 3.05) is 0 Å². The number of hydrogen-bond acceptors (Lipinski definition) is 0. The lowest BCUT2D eigenvalue weighted by atomic mass is 9.75. The number of aryl methyl sites for hydroxylation is 1. The molecule has 0 atom stereocenters. The summed E-state index contributed by atoms with van der Waals surface area (Å²) in [6, 6.07) is 11.9. The third-order valence-electron chi connectivity index (χ3n) is 7.02. The fraction of sp³-hybridized carbons (Fsp3) is 0.429. The normalized spacial score (nSPS) is 18.9. The molecule has 170 valence electrons. The lowest BCUT2D eigenvalue weighted by Gasteiger charge is -2.29. The highest BCUT2D eigenvalue weighted by atomic mass is 19.2. The molecule has 4 heteroatoms. The van der Waals surface area contributed by atoms with Gasteiger partial charge < -0.3 is 0 Å². The highest BCUT2D eigenvalue weighted by Crippen LogP contribution is 2.42. The molecule has 1 aliphatic rings. The minimum Gasteiger partial charge on any atom is -0.207 e. The second-order valence-electron chi connectivity index (χ2n) is 9.18. The van der Waals surface area contributed by atoms with Gasteiger partial charge >= 0.3 is 0 Å². The van der Waals surface area contributed by atoms with Crippen molar-refractivity contribution in [1.82, 2.24) is 0 Å². The van der Waals surface area contributed by atoms with Crippen molar-refractivity contribution < 1.29 is 17.6 Å². The molecule has 1 aliphatic carbocycles. The first-order chi connectivity index (χ1) is 15.5. The minimum absolute atomic E-state index is 0.0955. The van der Waals surface area contributed by atoms with Crippen molar-refractivity contribution in [2.24, 2.45) is 0 Å². The Hall–Kier alpha value is -2.36. The molecular formula is C28H30F4. The third kappa shape index (κ3) is 4.84. The average molecular weight is 443 g/mol. The van der Waals surface area contributed by atoms with Gasteiger partial charge in [0.15, 0.2) is 17.5 Å². The maximum Gasteiger partial charge on any atom is 0.195 e. The van der Waals surface area contributed by atoms with E-state index < -0.39 is 17.5 Å². The van der Waals surface area contributed by atoms with Gasteiger partial charge in [0, 0.05) is 5.39 Å². The maximum absolute atomic E-state index is 14.8. The third-order valence-corrected chi connectivity index (χ3v) is 7.02. The van der Waals surface area contributed by atoms with E-state index in [1.807, 2.05) is 12.1 Å².